The van der Waals surface area contributed by atoms with Gasteiger partial charge in [-0.25, -0.2) is 4.79 Å². The van der Waals surface area contributed by atoms with Crippen LogP contribution in [0, 0.1) is 10.1 Å². The van der Waals surface area contributed by atoms with Crippen LogP contribution in [0.4, 0.5) is 5.69 Å². The number of nitrogens with one attached hydrogen (secondary N) is 1. The number of rotatable bonds is 8. The Bertz CT molecular complexity index is 1430. The van der Waals surface area contributed by atoms with Gasteiger partial charge in [0.15, 0.2) is 5.78 Å². The van der Waals surface area contributed by atoms with Gasteiger partial charge in [-0.15, -0.1) is 11.3 Å². The first-order chi connectivity index (χ1) is 18.4. The summed E-state index contributed by atoms with van der Waals surface area (Å²) in [7, 11) is 0. The number of hydrogen-bond donors (Lipinski definition) is 1. The van der Waals surface area contributed by atoms with Crippen molar-refractivity contribution in [1.82, 2.24) is 5.32 Å². The van der Waals surface area contributed by atoms with Gasteiger partial charge in [0.2, 0.25) is 0 Å². The molecule has 0 unspecified atom stereocenters. The van der Waals surface area contributed by atoms with Crippen molar-refractivity contribution in [2.24, 2.45) is 0 Å². The number of non-ortho nitro benzene ring substituents is 1. The van der Waals surface area contributed by atoms with E-state index in [9.17, 15) is 19.7 Å². The number of ketones is 1. The van der Waals surface area contributed by atoms with E-state index in [1.54, 1.807) is 30.4 Å². The van der Waals surface area contributed by atoms with E-state index in [4.69, 9.17) is 9.47 Å². The van der Waals surface area contributed by atoms with Gasteiger partial charge in [0.1, 0.15) is 19.0 Å². The van der Waals surface area contributed by atoms with Crippen LogP contribution in [0.25, 0.3) is 0 Å². The number of dihydropyridines is 1. The Hall–Kier alpha value is -4.24. The lowest BCUT2D eigenvalue weighted by Crippen LogP contribution is -2.36. The SMILES string of the molecule is CC1=C(C(=O)OCCOc2ccccc2)[C@H](c2cccc([N+](=O)[O-])c2)C2=C(C[C@@H](c3cccs3)CC2=O)N1. The first-order valence-electron chi connectivity index (χ1n) is 12.3. The zero-order chi connectivity index (χ0) is 26.6. The van der Waals surface area contributed by atoms with Crippen LogP contribution in [0.2, 0.25) is 0 Å². The molecule has 0 saturated carbocycles. The minimum absolute atomic E-state index is 0.00642. The van der Waals surface area contributed by atoms with Crippen LogP contribution in [0.5, 0.6) is 5.75 Å². The number of thiophene rings is 1. The first kappa shape index (κ1) is 25.4. The largest absolute Gasteiger partial charge is 0.490 e. The second-order valence-electron chi connectivity index (χ2n) is 9.18. The Morgan fingerprint density at radius 3 is 2.63 bits per heavy atom. The number of nitro groups is 1. The number of carbonyl (C=O) groups excluding carboxylic acids is 2. The van der Waals surface area contributed by atoms with Crippen LogP contribution in [-0.2, 0) is 14.3 Å². The van der Waals surface area contributed by atoms with Crippen LogP contribution in [0.3, 0.4) is 0 Å². The van der Waals surface area contributed by atoms with Crippen LogP contribution in [-0.4, -0.2) is 29.9 Å². The molecule has 0 bridgehead atoms. The van der Waals surface area contributed by atoms with Crippen molar-refractivity contribution in [2.75, 3.05) is 13.2 Å². The third-order valence-corrected chi connectivity index (χ3v) is 7.77. The van der Waals surface area contributed by atoms with Gasteiger partial charge in [-0.2, -0.15) is 0 Å². The molecule has 9 heteroatoms. The van der Waals surface area contributed by atoms with Crippen molar-refractivity contribution in [3.63, 3.8) is 0 Å². The summed E-state index contributed by atoms with van der Waals surface area (Å²) >= 11 is 1.61. The fraction of sp³-hybridized carbons (Fsp3) is 0.241. The fourth-order valence-corrected chi connectivity index (χ4v) is 5.90. The Kier molecular flexibility index (Phi) is 7.37. The maximum Gasteiger partial charge on any atom is 0.336 e. The summed E-state index contributed by atoms with van der Waals surface area (Å²) in [5.74, 6) is -0.751. The summed E-state index contributed by atoms with van der Waals surface area (Å²) in [6.07, 6.45) is 0.913. The van der Waals surface area contributed by atoms with E-state index in [0.717, 1.165) is 10.6 Å². The highest BCUT2D eigenvalue weighted by Crippen LogP contribution is 2.46. The predicted molar refractivity (Wildman–Crippen MR) is 143 cm³/mol. The molecule has 2 heterocycles. The summed E-state index contributed by atoms with van der Waals surface area (Å²) in [4.78, 5) is 39.2. The molecule has 0 saturated heterocycles. The number of allylic oxidation sites excluding steroid dienone is 3. The third-order valence-electron chi connectivity index (χ3n) is 6.74. The Morgan fingerprint density at radius 1 is 1.08 bits per heavy atom. The van der Waals surface area contributed by atoms with Crippen molar-refractivity contribution >= 4 is 28.8 Å². The molecule has 194 valence electrons. The van der Waals surface area contributed by atoms with Gasteiger partial charge in [0.25, 0.3) is 5.69 Å². The molecule has 5 rings (SSSR count). The lowest BCUT2D eigenvalue weighted by atomic mass is 9.72. The molecule has 1 aromatic heterocycles. The molecule has 0 fully saturated rings. The van der Waals surface area contributed by atoms with E-state index < -0.39 is 16.8 Å². The number of Topliss-reactive ketones (excluding diaryl/α,β-unsaturated/α-hetero) is 1. The smallest absolute Gasteiger partial charge is 0.336 e. The fourth-order valence-electron chi connectivity index (χ4n) is 5.07. The average Bonchev–Trinajstić information content (AvgIpc) is 3.46. The number of ether oxygens (including phenoxy) is 2. The molecule has 1 aliphatic carbocycles. The topological polar surface area (TPSA) is 108 Å². The monoisotopic (exact) mass is 530 g/mol. The number of carbonyl (C=O) groups is 2. The molecule has 0 spiro atoms. The van der Waals surface area contributed by atoms with Gasteiger partial charge in [0, 0.05) is 52.2 Å². The maximum absolute atomic E-state index is 13.6. The zero-order valence-electron chi connectivity index (χ0n) is 20.7. The van der Waals surface area contributed by atoms with Crippen LogP contribution >= 0.6 is 11.3 Å². The summed E-state index contributed by atoms with van der Waals surface area (Å²) in [6.45, 7) is 1.93. The molecule has 0 amide bonds. The van der Waals surface area contributed by atoms with Gasteiger partial charge in [-0.05, 0) is 42.5 Å². The molecule has 2 atom stereocenters. The van der Waals surface area contributed by atoms with Crippen molar-refractivity contribution in [1.29, 1.82) is 0 Å². The van der Waals surface area contributed by atoms with E-state index >= 15 is 0 Å². The van der Waals surface area contributed by atoms with Crippen LogP contribution < -0.4 is 10.1 Å². The van der Waals surface area contributed by atoms with E-state index in [-0.39, 0.29) is 36.2 Å². The number of esters is 1. The third kappa shape index (κ3) is 5.24. The lowest BCUT2D eigenvalue weighted by Gasteiger charge is -2.36. The molecule has 38 heavy (non-hydrogen) atoms. The van der Waals surface area contributed by atoms with Crippen molar-refractivity contribution < 1.29 is 24.0 Å². The Labute approximate surface area is 223 Å². The predicted octanol–water partition coefficient (Wildman–Crippen LogP) is 5.64. The highest BCUT2D eigenvalue weighted by molar-refractivity contribution is 7.10. The molecule has 1 aliphatic heterocycles. The summed E-state index contributed by atoms with van der Waals surface area (Å²) < 4.78 is 11.2. The van der Waals surface area contributed by atoms with Crippen LogP contribution in [0.1, 0.15) is 42.0 Å². The Morgan fingerprint density at radius 2 is 1.89 bits per heavy atom. The van der Waals surface area contributed by atoms with E-state index in [0.29, 0.717) is 35.4 Å². The number of para-hydroxylation sites is 1. The van der Waals surface area contributed by atoms with Gasteiger partial charge < -0.3 is 14.8 Å². The van der Waals surface area contributed by atoms with Gasteiger partial charge in [0.05, 0.1) is 10.5 Å². The highest BCUT2D eigenvalue weighted by Gasteiger charge is 2.42. The molecular formula is C29H26N2O6S. The van der Waals surface area contributed by atoms with Crippen molar-refractivity contribution in [2.45, 2.75) is 31.6 Å². The first-order valence-corrected chi connectivity index (χ1v) is 13.2. The normalized spacial score (nSPS) is 19.0. The number of nitro benzene ring substituents is 1. The second-order valence-corrected chi connectivity index (χ2v) is 10.2. The van der Waals surface area contributed by atoms with Crippen LogP contribution in [0.15, 0.2) is 94.7 Å². The lowest BCUT2D eigenvalue weighted by molar-refractivity contribution is -0.384. The van der Waals surface area contributed by atoms with Crippen molar-refractivity contribution in [3.8, 4) is 5.75 Å². The summed E-state index contributed by atoms with van der Waals surface area (Å²) in [5.41, 5.74) is 2.45. The molecule has 3 aromatic rings. The molecular weight excluding hydrogens is 504 g/mol. The molecule has 2 aromatic carbocycles. The second kappa shape index (κ2) is 11.0. The zero-order valence-corrected chi connectivity index (χ0v) is 21.5. The summed E-state index contributed by atoms with van der Waals surface area (Å²) in [6, 6.07) is 19.3. The van der Waals surface area contributed by atoms with E-state index in [1.807, 2.05) is 47.8 Å². The quantitative estimate of drug-likeness (QED) is 0.174. The van der Waals surface area contributed by atoms with Gasteiger partial charge >= 0.3 is 5.97 Å². The molecule has 0 radical (unpaired) electrons. The standard InChI is InChI=1S/C29H26N2O6S/c1-18-26(29(33)37-13-12-36-22-9-3-2-4-10-22)27(19-7-5-8-21(15-19)31(34)35)28-23(30-18)16-20(17-24(28)32)25-11-6-14-38-25/h2-11,14-15,20,27,30H,12-13,16-17H2,1H3/t20-,27+/m1/s1. The van der Waals surface area contributed by atoms with Gasteiger partial charge in [-0.3, -0.25) is 14.9 Å². The Balaban J connectivity index is 1.45. The minimum atomic E-state index is -0.773. The average molecular weight is 531 g/mol. The van der Waals surface area contributed by atoms with Crippen molar-refractivity contribution in [3.05, 3.63) is 115 Å². The molecule has 2 aliphatic rings. The minimum Gasteiger partial charge on any atom is -0.490 e. The molecule has 1 N–H and O–H groups in total. The van der Waals surface area contributed by atoms with E-state index in [2.05, 4.69) is 5.32 Å². The number of hydrogen-bond acceptors (Lipinski definition) is 8. The number of nitrogens with zero attached hydrogens (tertiary/aromatic N) is 1. The maximum atomic E-state index is 13.6. The molecule has 8 nitrogen and oxygen atoms in total. The van der Waals surface area contributed by atoms with Gasteiger partial charge in [-0.1, -0.05) is 36.4 Å². The van der Waals surface area contributed by atoms with E-state index in [1.165, 1.54) is 12.1 Å². The summed E-state index contributed by atoms with van der Waals surface area (Å²) in [5, 5.41) is 16.8. The number of benzene rings is 2. The highest BCUT2D eigenvalue weighted by atomic mass is 32.1.